The normalized spacial score (nSPS) is 62.5. The number of piperidine rings is 2. The first-order valence-electron chi connectivity index (χ1n) is 4.90. The van der Waals surface area contributed by atoms with Gasteiger partial charge < -0.3 is 9.59 Å². The molecule has 4 bridgehead atoms. The molecule has 0 saturated carbocycles. The standard InChI is InChI=1S/C9H17N2O/c1-11-4-7-2-10(6-11)3-8(5-11)9(7)12/h7-9,12H,2-6H2,1H3/q+1/t7-,8+,9?,11?. The van der Waals surface area contributed by atoms with Crippen LogP contribution in [0.1, 0.15) is 0 Å². The van der Waals surface area contributed by atoms with E-state index in [9.17, 15) is 5.11 Å². The van der Waals surface area contributed by atoms with Crippen molar-refractivity contribution in [1.82, 2.24) is 4.90 Å². The van der Waals surface area contributed by atoms with E-state index in [1.165, 1.54) is 24.2 Å². The maximum atomic E-state index is 9.90. The lowest BCUT2D eigenvalue weighted by atomic mass is 9.78. The van der Waals surface area contributed by atoms with Crippen molar-refractivity contribution in [2.24, 2.45) is 11.8 Å². The molecule has 3 unspecified atom stereocenters. The number of hydrogen-bond donors (Lipinski definition) is 1. The van der Waals surface area contributed by atoms with Crippen molar-refractivity contribution in [1.29, 1.82) is 0 Å². The van der Waals surface area contributed by atoms with E-state index in [0.717, 1.165) is 13.1 Å². The summed E-state index contributed by atoms with van der Waals surface area (Å²) in [6, 6.07) is 0. The quantitative estimate of drug-likeness (QED) is 0.486. The molecule has 68 valence electrons. The van der Waals surface area contributed by atoms with Crippen LogP contribution in [-0.4, -0.2) is 60.5 Å². The molecule has 0 amide bonds. The number of rotatable bonds is 0. The van der Waals surface area contributed by atoms with Crippen molar-refractivity contribution in [2.75, 3.05) is 39.9 Å². The Labute approximate surface area is 73.2 Å². The minimum Gasteiger partial charge on any atom is -0.392 e. The maximum absolute atomic E-state index is 9.90. The topological polar surface area (TPSA) is 23.5 Å². The van der Waals surface area contributed by atoms with E-state index < -0.39 is 0 Å². The Hall–Kier alpha value is -0.120. The largest absolute Gasteiger partial charge is 0.392 e. The second kappa shape index (κ2) is 2.03. The summed E-state index contributed by atoms with van der Waals surface area (Å²) >= 11 is 0. The van der Waals surface area contributed by atoms with Crippen molar-refractivity contribution >= 4 is 0 Å². The summed E-state index contributed by atoms with van der Waals surface area (Å²) in [6.07, 6.45) is 0.00718. The van der Waals surface area contributed by atoms with Crippen LogP contribution in [0.25, 0.3) is 0 Å². The maximum Gasteiger partial charge on any atom is 0.134 e. The minimum atomic E-state index is 0.00718. The van der Waals surface area contributed by atoms with Crippen molar-refractivity contribution < 1.29 is 9.59 Å². The smallest absolute Gasteiger partial charge is 0.134 e. The number of quaternary nitrogens is 1. The van der Waals surface area contributed by atoms with Gasteiger partial charge in [0.05, 0.1) is 26.2 Å². The molecule has 0 radical (unpaired) electrons. The van der Waals surface area contributed by atoms with Gasteiger partial charge >= 0.3 is 0 Å². The fourth-order valence-electron chi connectivity index (χ4n) is 3.59. The van der Waals surface area contributed by atoms with E-state index in [1.54, 1.807) is 0 Å². The van der Waals surface area contributed by atoms with E-state index in [0.29, 0.717) is 11.8 Å². The van der Waals surface area contributed by atoms with Crippen LogP contribution in [0.3, 0.4) is 0 Å². The lowest BCUT2D eigenvalue weighted by Gasteiger charge is -2.59. The number of aliphatic hydroxyl groups is 1. The lowest BCUT2D eigenvalue weighted by Crippen LogP contribution is -2.74. The number of nitrogens with zero attached hydrogens (tertiary/aromatic N) is 2. The highest BCUT2D eigenvalue weighted by atomic mass is 16.3. The van der Waals surface area contributed by atoms with Crippen LogP contribution in [0.4, 0.5) is 0 Å². The first-order chi connectivity index (χ1) is 5.66. The molecule has 5 atom stereocenters. The Morgan fingerprint density at radius 1 is 1.25 bits per heavy atom. The van der Waals surface area contributed by atoms with Gasteiger partial charge in [-0.25, -0.2) is 0 Å². The van der Waals surface area contributed by atoms with Crippen LogP contribution in [-0.2, 0) is 0 Å². The molecule has 0 aromatic heterocycles. The summed E-state index contributed by atoms with van der Waals surface area (Å²) in [5.74, 6) is 1.13. The molecule has 4 aliphatic rings. The first kappa shape index (κ1) is 7.30. The van der Waals surface area contributed by atoms with E-state index >= 15 is 0 Å². The molecular formula is C9H17N2O+. The summed E-state index contributed by atoms with van der Waals surface area (Å²) in [7, 11) is 2.33. The Kier molecular flexibility index (Phi) is 1.23. The van der Waals surface area contributed by atoms with E-state index in [2.05, 4.69) is 11.9 Å². The van der Waals surface area contributed by atoms with Gasteiger partial charge in [-0.15, -0.1) is 0 Å². The Balaban J connectivity index is 1.95. The van der Waals surface area contributed by atoms with Crippen molar-refractivity contribution in [3.05, 3.63) is 0 Å². The predicted molar refractivity (Wildman–Crippen MR) is 45.3 cm³/mol. The zero-order valence-corrected chi connectivity index (χ0v) is 7.61. The SMILES string of the molecule is C[N+]12C[C@H]3CN(C[C@@H](C1)C3O)C2. The zero-order chi connectivity index (χ0) is 8.34. The molecule has 4 fully saturated rings. The second-order valence-corrected chi connectivity index (χ2v) is 5.17. The Bertz CT molecular complexity index is 203. The monoisotopic (exact) mass is 169 g/mol. The highest BCUT2D eigenvalue weighted by Crippen LogP contribution is 2.37. The van der Waals surface area contributed by atoms with Gasteiger partial charge in [0.1, 0.15) is 6.67 Å². The predicted octanol–water partition coefficient (Wildman–Crippen LogP) is -0.673. The number of hydrogen-bond acceptors (Lipinski definition) is 2. The van der Waals surface area contributed by atoms with Crippen LogP contribution in [0.2, 0.25) is 0 Å². The molecular weight excluding hydrogens is 152 g/mol. The highest BCUT2D eigenvalue weighted by Gasteiger charge is 2.53. The van der Waals surface area contributed by atoms with Crippen molar-refractivity contribution in [3.63, 3.8) is 0 Å². The van der Waals surface area contributed by atoms with Crippen LogP contribution in [0, 0.1) is 11.8 Å². The van der Waals surface area contributed by atoms with E-state index in [-0.39, 0.29) is 6.10 Å². The molecule has 0 aromatic carbocycles. The third kappa shape index (κ3) is 0.817. The minimum absolute atomic E-state index is 0.00718. The summed E-state index contributed by atoms with van der Waals surface area (Å²) in [5, 5.41) is 9.90. The molecule has 4 saturated heterocycles. The summed E-state index contributed by atoms with van der Waals surface area (Å²) in [6.45, 7) is 5.92. The van der Waals surface area contributed by atoms with Gasteiger partial charge in [-0.1, -0.05) is 0 Å². The van der Waals surface area contributed by atoms with Gasteiger partial charge in [0, 0.05) is 24.9 Å². The Morgan fingerprint density at radius 3 is 2.33 bits per heavy atom. The third-order valence-corrected chi connectivity index (χ3v) is 3.84. The first-order valence-corrected chi connectivity index (χ1v) is 4.90. The van der Waals surface area contributed by atoms with Crippen LogP contribution < -0.4 is 0 Å². The van der Waals surface area contributed by atoms with Crippen molar-refractivity contribution in [3.8, 4) is 0 Å². The Morgan fingerprint density at radius 2 is 1.83 bits per heavy atom. The molecule has 0 aromatic rings. The molecule has 3 heteroatoms. The van der Waals surface area contributed by atoms with Crippen LogP contribution in [0.5, 0.6) is 0 Å². The molecule has 4 aliphatic heterocycles. The lowest BCUT2D eigenvalue weighted by molar-refractivity contribution is -0.946. The fraction of sp³-hybridized carbons (Fsp3) is 1.00. The third-order valence-electron chi connectivity index (χ3n) is 3.84. The molecule has 4 heterocycles. The van der Waals surface area contributed by atoms with E-state index in [4.69, 9.17) is 0 Å². The molecule has 0 spiro atoms. The average Bonchev–Trinajstić information content (AvgIpc) is 1.96. The second-order valence-electron chi connectivity index (χ2n) is 5.17. The average molecular weight is 169 g/mol. The van der Waals surface area contributed by atoms with E-state index in [1.807, 2.05) is 0 Å². The van der Waals surface area contributed by atoms with Crippen LogP contribution >= 0.6 is 0 Å². The van der Waals surface area contributed by atoms with Crippen molar-refractivity contribution in [2.45, 2.75) is 6.10 Å². The molecule has 1 N–H and O–H groups in total. The molecule has 0 aliphatic carbocycles. The van der Waals surface area contributed by atoms with Gasteiger partial charge in [-0.05, 0) is 0 Å². The summed E-state index contributed by atoms with van der Waals surface area (Å²) < 4.78 is 1.19. The summed E-state index contributed by atoms with van der Waals surface area (Å²) in [4.78, 5) is 2.52. The van der Waals surface area contributed by atoms with Gasteiger partial charge in [0.25, 0.3) is 0 Å². The van der Waals surface area contributed by atoms with Gasteiger partial charge in [-0.2, -0.15) is 0 Å². The molecule has 3 nitrogen and oxygen atoms in total. The van der Waals surface area contributed by atoms with Crippen LogP contribution in [0.15, 0.2) is 0 Å². The number of aliphatic hydroxyl groups excluding tert-OH is 1. The van der Waals surface area contributed by atoms with Gasteiger partial charge in [-0.3, -0.25) is 4.90 Å². The highest BCUT2D eigenvalue weighted by molar-refractivity contribution is 4.92. The molecule has 12 heavy (non-hydrogen) atoms. The van der Waals surface area contributed by atoms with Gasteiger partial charge in [0.15, 0.2) is 0 Å². The molecule has 4 rings (SSSR count). The summed E-state index contributed by atoms with van der Waals surface area (Å²) in [5.41, 5.74) is 0. The zero-order valence-electron chi connectivity index (χ0n) is 7.61. The van der Waals surface area contributed by atoms with Gasteiger partial charge in [0.2, 0.25) is 0 Å². The fourth-order valence-corrected chi connectivity index (χ4v) is 3.59.